The van der Waals surface area contributed by atoms with E-state index in [0.717, 1.165) is 14.5 Å². The number of H-pyrrole nitrogens is 1. The molecule has 0 fully saturated rings. The van der Waals surface area contributed by atoms with E-state index in [9.17, 15) is 9.90 Å². The third-order valence-corrected chi connectivity index (χ3v) is 4.24. The summed E-state index contributed by atoms with van der Waals surface area (Å²) in [6.45, 7) is 0. The number of aromatic nitrogens is 1. The summed E-state index contributed by atoms with van der Waals surface area (Å²) in [7, 11) is 0. The van der Waals surface area contributed by atoms with Crippen LogP contribution in [0.2, 0.25) is 0 Å². The van der Waals surface area contributed by atoms with Gasteiger partial charge in [-0.05, 0) is 46.9 Å². The van der Waals surface area contributed by atoms with Crippen molar-refractivity contribution in [3.63, 3.8) is 0 Å². The lowest BCUT2D eigenvalue weighted by molar-refractivity contribution is 0.107. The SMILES string of the molecule is O=C1C(c2c(O)[nH]c3cc(I)ccc23)=Nc2ccccc21. The molecule has 5 heteroatoms. The number of aliphatic imine (C=N–C) groups is 1. The van der Waals surface area contributed by atoms with E-state index in [1.54, 1.807) is 12.1 Å². The molecule has 3 aromatic rings. The Balaban J connectivity index is 1.97. The first-order valence-electron chi connectivity index (χ1n) is 6.38. The highest BCUT2D eigenvalue weighted by molar-refractivity contribution is 14.1. The van der Waals surface area contributed by atoms with Crippen LogP contribution in [0.25, 0.3) is 10.9 Å². The number of fused-ring (bicyclic) bond motifs is 2. The quantitative estimate of drug-likeness (QED) is 0.623. The van der Waals surface area contributed by atoms with E-state index in [-0.39, 0.29) is 11.7 Å². The van der Waals surface area contributed by atoms with Crippen LogP contribution in [0.15, 0.2) is 47.5 Å². The van der Waals surface area contributed by atoms with Crippen molar-refractivity contribution < 1.29 is 9.90 Å². The van der Waals surface area contributed by atoms with Gasteiger partial charge in [0.25, 0.3) is 0 Å². The fourth-order valence-electron chi connectivity index (χ4n) is 2.63. The van der Waals surface area contributed by atoms with Gasteiger partial charge in [0.2, 0.25) is 5.78 Å². The summed E-state index contributed by atoms with van der Waals surface area (Å²) in [6, 6.07) is 13.0. The molecule has 0 spiro atoms. The maximum absolute atomic E-state index is 12.5. The number of rotatable bonds is 1. The Labute approximate surface area is 133 Å². The van der Waals surface area contributed by atoms with E-state index in [1.165, 1.54) is 0 Å². The highest BCUT2D eigenvalue weighted by Crippen LogP contribution is 2.35. The van der Waals surface area contributed by atoms with Crippen molar-refractivity contribution in [1.82, 2.24) is 4.98 Å². The molecular formula is C16H9IN2O2. The minimum Gasteiger partial charge on any atom is -0.494 e. The maximum Gasteiger partial charge on any atom is 0.214 e. The predicted molar refractivity (Wildman–Crippen MR) is 89.6 cm³/mol. The largest absolute Gasteiger partial charge is 0.494 e. The zero-order chi connectivity index (χ0) is 14.6. The first-order chi connectivity index (χ1) is 10.1. The predicted octanol–water partition coefficient (Wildman–Crippen LogP) is 3.80. The summed E-state index contributed by atoms with van der Waals surface area (Å²) < 4.78 is 1.05. The molecule has 21 heavy (non-hydrogen) atoms. The zero-order valence-corrected chi connectivity index (χ0v) is 12.9. The second-order valence-electron chi connectivity index (χ2n) is 4.85. The second kappa shape index (κ2) is 4.42. The third-order valence-electron chi connectivity index (χ3n) is 3.57. The number of halogens is 1. The third kappa shape index (κ3) is 1.80. The van der Waals surface area contributed by atoms with Crippen molar-refractivity contribution in [2.45, 2.75) is 0 Å². The van der Waals surface area contributed by atoms with Gasteiger partial charge in [0.05, 0.1) is 16.8 Å². The molecule has 0 saturated carbocycles. The Morgan fingerprint density at radius 3 is 2.76 bits per heavy atom. The van der Waals surface area contributed by atoms with Crippen molar-refractivity contribution in [2.24, 2.45) is 4.99 Å². The van der Waals surface area contributed by atoms with Gasteiger partial charge in [0.15, 0.2) is 5.88 Å². The van der Waals surface area contributed by atoms with E-state index < -0.39 is 0 Å². The molecule has 4 nitrogen and oxygen atoms in total. The number of hydrogen-bond donors (Lipinski definition) is 2. The Kier molecular flexibility index (Phi) is 2.65. The number of benzene rings is 2. The second-order valence-corrected chi connectivity index (χ2v) is 6.09. The number of hydrogen-bond acceptors (Lipinski definition) is 3. The molecule has 2 heterocycles. The maximum atomic E-state index is 12.5. The van der Waals surface area contributed by atoms with Gasteiger partial charge in [0, 0.05) is 14.5 Å². The molecule has 1 aliphatic heterocycles. The van der Waals surface area contributed by atoms with Crippen molar-refractivity contribution in [2.75, 3.05) is 0 Å². The number of carbonyl (C=O) groups excluding carboxylic acids is 1. The first-order valence-corrected chi connectivity index (χ1v) is 7.46. The lowest BCUT2D eigenvalue weighted by Gasteiger charge is -1.99. The van der Waals surface area contributed by atoms with Gasteiger partial charge in [-0.1, -0.05) is 18.2 Å². The molecule has 0 atom stereocenters. The van der Waals surface area contributed by atoms with Gasteiger partial charge in [-0.2, -0.15) is 0 Å². The van der Waals surface area contributed by atoms with E-state index in [1.807, 2.05) is 30.3 Å². The fourth-order valence-corrected chi connectivity index (χ4v) is 3.12. The van der Waals surface area contributed by atoms with Crippen molar-refractivity contribution in [3.05, 3.63) is 57.2 Å². The van der Waals surface area contributed by atoms with Crippen LogP contribution >= 0.6 is 22.6 Å². The van der Waals surface area contributed by atoms with Crippen LogP contribution in [0.3, 0.4) is 0 Å². The number of carbonyl (C=O) groups is 1. The Bertz CT molecular complexity index is 941. The lowest BCUT2D eigenvalue weighted by Crippen LogP contribution is -2.10. The summed E-state index contributed by atoms with van der Waals surface area (Å²) in [4.78, 5) is 19.8. The molecule has 0 saturated heterocycles. The molecule has 1 aliphatic rings. The van der Waals surface area contributed by atoms with Crippen LogP contribution in [0.5, 0.6) is 5.88 Å². The fraction of sp³-hybridized carbons (Fsp3) is 0. The van der Waals surface area contributed by atoms with E-state index >= 15 is 0 Å². The molecule has 0 unspecified atom stereocenters. The minimum absolute atomic E-state index is 0.0214. The number of nitrogens with zero attached hydrogens (tertiary/aromatic N) is 1. The normalized spacial score (nSPS) is 13.6. The van der Waals surface area contributed by atoms with Gasteiger partial charge in [-0.3, -0.25) is 4.79 Å². The summed E-state index contributed by atoms with van der Waals surface area (Å²) >= 11 is 2.20. The molecule has 102 valence electrons. The van der Waals surface area contributed by atoms with Gasteiger partial charge in [0.1, 0.15) is 5.71 Å². The standard InChI is InChI=1S/C16H9IN2O2/c17-8-5-6-9-12(7-8)19-16(21)13(9)14-15(20)10-3-1-2-4-11(10)18-14/h1-7,19,21H. The van der Waals surface area contributed by atoms with Gasteiger partial charge in [-0.25, -0.2) is 4.99 Å². The Hall–Kier alpha value is -2.15. The number of ketones is 1. The smallest absolute Gasteiger partial charge is 0.214 e. The Morgan fingerprint density at radius 1 is 1.14 bits per heavy atom. The first kappa shape index (κ1) is 12.6. The number of aromatic amines is 1. The van der Waals surface area contributed by atoms with Gasteiger partial charge >= 0.3 is 0 Å². The van der Waals surface area contributed by atoms with Crippen LogP contribution in [-0.2, 0) is 0 Å². The highest BCUT2D eigenvalue weighted by atomic mass is 127. The van der Waals surface area contributed by atoms with Crippen LogP contribution in [0.1, 0.15) is 15.9 Å². The van der Waals surface area contributed by atoms with Crippen molar-refractivity contribution >= 4 is 50.7 Å². The number of aromatic hydroxyl groups is 1. The van der Waals surface area contributed by atoms with Gasteiger partial charge in [-0.15, -0.1) is 0 Å². The van der Waals surface area contributed by atoms with Gasteiger partial charge < -0.3 is 10.1 Å². The van der Waals surface area contributed by atoms with Crippen LogP contribution in [0, 0.1) is 3.57 Å². The van der Waals surface area contributed by atoms with Crippen molar-refractivity contribution in [1.29, 1.82) is 0 Å². The molecule has 0 amide bonds. The molecule has 0 radical (unpaired) electrons. The number of para-hydroxylation sites is 1. The molecule has 2 aromatic carbocycles. The summed E-state index contributed by atoms with van der Waals surface area (Å²) in [5.41, 5.74) is 2.79. The monoisotopic (exact) mass is 388 g/mol. The summed E-state index contributed by atoms with van der Waals surface area (Å²) in [5.74, 6) is -0.174. The minimum atomic E-state index is -0.152. The topological polar surface area (TPSA) is 65.4 Å². The molecular weight excluding hydrogens is 379 g/mol. The molecule has 1 aromatic heterocycles. The summed E-state index contributed by atoms with van der Waals surface area (Å²) in [6.07, 6.45) is 0. The average molecular weight is 388 g/mol. The van der Waals surface area contributed by atoms with Crippen LogP contribution in [-0.4, -0.2) is 21.6 Å². The van der Waals surface area contributed by atoms with Crippen LogP contribution in [0.4, 0.5) is 5.69 Å². The van der Waals surface area contributed by atoms with Crippen molar-refractivity contribution in [3.8, 4) is 5.88 Å². The van der Waals surface area contributed by atoms with E-state index in [4.69, 9.17) is 0 Å². The molecule has 4 rings (SSSR count). The number of Topliss-reactive ketones (excluding diaryl/α,β-unsaturated/α-hetero) is 1. The van der Waals surface area contributed by atoms with E-state index in [0.29, 0.717) is 22.5 Å². The highest BCUT2D eigenvalue weighted by Gasteiger charge is 2.29. The lowest BCUT2D eigenvalue weighted by atomic mass is 10.0. The molecule has 2 N–H and O–H groups in total. The Morgan fingerprint density at radius 2 is 1.95 bits per heavy atom. The average Bonchev–Trinajstić information content (AvgIpc) is 2.95. The zero-order valence-electron chi connectivity index (χ0n) is 10.7. The summed E-state index contributed by atoms with van der Waals surface area (Å²) in [5, 5.41) is 11.0. The molecule has 0 aliphatic carbocycles. The molecule has 0 bridgehead atoms. The number of nitrogens with one attached hydrogen (secondary N) is 1. The van der Waals surface area contributed by atoms with E-state index in [2.05, 4.69) is 32.6 Å². The van der Waals surface area contributed by atoms with Crippen LogP contribution < -0.4 is 0 Å².